The molecule has 0 aliphatic heterocycles. The number of amides is 1. The summed E-state index contributed by atoms with van der Waals surface area (Å²) < 4.78 is 0. The van der Waals surface area contributed by atoms with E-state index >= 15 is 0 Å². The second-order valence-electron chi connectivity index (χ2n) is 4.63. The van der Waals surface area contributed by atoms with Crippen molar-refractivity contribution < 1.29 is 9.59 Å². The van der Waals surface area contributed by atoms with Crippen LogP contribution in [0.15, 0.2) is 0 Å². The van der Waals surface area contributed by atoms with Crippen molar-refractivity contribution in [3.8, 4) is 0 Å². The quantitative estimate of drug-likeness (QED) is 0.634. The van der Waals surface area contributed by atoms with E-state index in [0.29, 0.717) is 19.4 Å². The van der Waals surface area contributed by atoms with Gasteiger partial charge in [0.05, 0.1) is 0 Å². The van der Waals surface area contributed by atoms with Gasteiger partial charge in [0.15, 0.2) is 0 Å². The average Bonchev–Trinajstić information content (AvgIpc) is 2.13. The molecule has 0 aromatic heterocycles. The van der Waals surface area contributed by atoms with Crippen molar-refractivity contribution >= 4 is 12.2 Å². The highest BCUT2D eigenvalue weighted by Gasteiger charge is 2.23. The highest BCUT2D eigenvalue weighted by molar-refractivity contribution is 5.77. The fourth-order valence-corrected chi connectivity index (χ4v) is 1.25. The van der Waals surface area contributed by atoms with Crippen molar-refractivity contribution in [2.24, 2.45) is 5.41 Å². The molecule has 0 spiro atoms. The summed E-state index contributed by atoms with van der Waals surface area (Å²) in [6.07, 6.45) is 1.73. The molecule has 0 saturated heterocycles. The van der Waals surface area contributed by atoms with Crippen LogP contribution < -0.4 is 5.32 Å². The van der Waals surface area contributed by atoms with Gasteiger partial charge in [0, 0.05) is 33.0 Å². The first-order valence-electron chi connectivity index (χ1n) is 5.25. The first-order valence-corrected chi connectivity index (χ1v) is 5.25. The van der Waals surface area contributed by atoms with Gasteiger partial charge in [-0.05, 0) is 12.5 Å². The van der Waals surface area contributed by atoms with Crippen LogP contribution in [0.5, 0.6) is 0 Å². The molecule has 0 aromatic rings. The van der Waals surface area contributed by atoms with Crippen molar-refractivity contribution in [1.29, 1.82) is 0 Å². The highest BCUT2D eigenvalue weighted by Crippen LogP contribution is 2.24. The third-order valence-corrected chi connectivity index (χ3v) is 2.39. The van der Waals surface area contributed by atoms with E-state index < -0.39 is 0 Å². The van der Waals surface area contributed by atoms with Crippen LogP contribution in [0.1, 0.15) is 26.7 Å². The largest absolute Gasteiger partial charge is 0.344 e. The Bertz CT molecular complexity index is 215. The Morgan fingerprint density at radius 2 is 2.07 bits per heavy atom. The summed E-state index contributed by atoms with van der Waals surface area (Å²) in [4.78, 5) is 23.8. The Morgan fingerprint density at radius 1 is 1.47 bits per heavy atom. The maximum atomic E-state index is 11.7. The average molecular weight is 214 g/mol. The smallest absolute Gasteiger partial charge is 0.222 e. The van der Waals surface area contributed by atoms with Gasteiger partial charge in [0.1, 0.15) is 6.29 Å². The van der Waals surface area contributed by atoms with Gasteiger partial charge in [0.2, 0.25) is 5.91 Å². The van der Waals surface area contributed by atoms with E-state index in [9.17, 15) is 9.59 Å². The van der Waals surface area contributed by atoms with Crippen molar-refractivity contribution in [3.05, 3.63) is 0 Å². The second-order valence-corrected chi connectivity index (χ2v) is 4.63. The van der Waals surface area contributed by atoms with E-state index in [2.05, 4.69) is 5.32 Å². The Morgan fingerprint density at radius 3 is 2.53 bits per heavy atom. The van der Waals surface area contributed by atoms with E-state index in [1.807, 2.05) is 20.9 Å². The minimum Gasteiger partial charge on any atom is -0.344 e. The number of aldehydes is 1. The maximum Gasteiger partial charge on any atom is 0.222 e. The Hall–Kier alpha value is -0.900. The zero-order valence-electron chi connectivity index (χ0n) is 10.2. The molecule has 0 rings (SSSR count). The Balaban J connectivity index is 4.05. The molecular formula is C11H22N2O2. The van der Waals surface area contributed by atoms with E-state index in [0.717, 1.165) is 12.8 Å². The third-order valence-electron chi connectivity index (χ3n) is 2.39. The third kappa shape index (κ3) is 6.23. The summed E-state index contributed by atoms with van der Waals surface area (Å²) in [7, 11) is 3.64. The first kappa shape index (κ1) is 14.1. The monoisotopic (exact) mass is 214 g/mol. The molecule has 0 saturated carbocycles. The zero-order chi connectivity index (χ0) is 11.9. The van der Waals surface area contributed by atoms with Crippen LogP contribution in [0.3, 0.4) is 0 Å². The molecule has 0 aliphatic carbocycles. The van der Waals surface area contributed by atoms with Crippen LogP contribution in [0, 0.1) is 5.41 Å². The number of hydrogen-bond acceptors (Lipinski definition) is 3. The summed E-state index contributed by atoms with van der Waals surface area (Å²) in [5, 5.41) is 2.99. The van der Waals surface area contributed by atoms with Gasteiger partial charge in [-0.25, -0.2) is 0 Å². The van der Waals surface area contributed by atoms with Crippen LogP contribution >= 0.6 is 0 Å². The highest BCUT2D eigenvalue weighted by atomic mass is 16.2. The Labute approximate surface area is 92.0 Å². The van der Waals surface area contributed by atoms with Crippen molar-refractivity contribution in [2.45, 2.75) is 26.7 Å². The van der Waals surface area contributed by atoms with Gasteiger partial charge in [0.25, 0.3) is 0 Å². The summed E-state index contributed by atoms with van der Waals surface area (Å²) in [5.41, 5.74) is -0.229. The number of hydrogen-bond donors (Lipinski definition) is 1. The molecule has 4 nitrogen and oxygen atoms in total. The lowest BCUT2D eigenvalue weighted by molar-refractivity contribution is -0.132. The first-order chi connectivity index (χ1) is 6.93. The van der Waals surface area contributed by atoms with E-state index in [-0.39, 0.29) is 11.3 Å². The molecule has 0 atom stereocenters. The zero-order valence-corrected chi connectivity index (χ0v) is 10.2. The van der Waals surface area contributed by atoms with Crippen molar-refractivity contribution in [3.63, 3.8) is 0 Å². The molecule has 88 valence electrons. The molecule has 4 heteroatoms. The maximum absolute atomic E-state index is 11.7. The second kappa shape index (κ2) is 6.56. The molecular weight excluding hydrogens is 192 g/mol. The van der Waals surface area contributed by atoms with Gasteiger partial charge in [-0.3, -0.25) is 4.79 Å². The van der Waals surface area contributed by atoms with Crippen LogP contribution in [0.4, 0.5) is 0 Å². The van der Waals surface area contributed by atoms with Crippen LogP contribution in [0.2, 0.25) is 0 Å². The lowest BCUT2D eigenvalue weighted by Crippen LogP contribution is -2.35. The van der Waals surface area contributed by atoms with E-state index in [4.69, 9.17) is 0 Å². The minimum absolute atomic E-state index is 0.0945. The summed E-state index contributed by atoms with van der Waals surface area (Å²) in [6.45, 7) is 5.36. The Kier molecular flexibility index (Phi) is 6.17. The predicted octanol–water partition coefficient (Wildman–Crippen LogP) is 0.669. The summed E-state index contributed by atoms with van der Waals surface area (Å²) >= 11 is 0. The normalized spacial score (nSPS) is 11.2. The number of nitrogens with one attached hydrogen (secondary N) is 1. The SMILES string of the molecule is CNCCN(C)C(=O)CC(C)(C)CC=O. The molecule has 1 N–H and O–H groups in total. The van der Waals surface area contributed by atoms with E-state index in [1.165, 1.54) is 0 Å². The standard InChI is InChI=1S/C11H22N2O2/c1-11(2,5-8-14)9-10(15)13(4)7-6-12-3/h8,12H,5-7,9H2,1-4H3. The van der Waals surface area contributed by atoms with Crippen LogP contribution in [-0.4, -0.2) is 44.3 Å². The van der Waals surface area contributed by atoms with Gasteiger partial charge in [-0.1, -0.05) is 13.8 Å². The van der Waals surface area contributed by atoms with Crippen LogP contribution in [-0.2, 0) is 9.59 Å². The van der Waals surface area contributed by atoms with Gasteiger partial charge in [-0.2, -0.15) is 0 Å². The fourth-order valence-electron chi connectivity index (χ4n) is 1.25. The molecule has 0 unspecified atom stereocenters. The lowest BCUT2D eigenvalue weighted by Gasteiger charge is -2.25. The molecule has 0 heterocycles. The number of nitrogens with zero attached hydrogens (tertiary/aromatic N) is 1. The number of carbonyl (C=O) groups is 2. The molecule has 0 fully saturated rings. The predicted molar refractivity (Wildman–Crippen MR) is 60.6 cm³/mol. The molecule has 0 aromatic carbocycles. The van der Waals surface area contributed by atoms with Gasteiger partial charge < -0.3 is 15.0 Å². The molecule has 0 aliphatic rings. The fraction of sp³-hybridized carbons (Fsp3) is 0.818. The number of carbonyl (C=O) groups excluding carboxylic acids is 2. The molecule has 0 radical (unpaired) electrons. The summed E-state index contributed by atoms with van der Waals surface area (Å²) in [6, 6.07) is 0. The lowest BCUT2D eigenvalue weighted by atomic mass is 9.86. The topological polar surface area (TPSA) is 49.4 Å². The number of likely N-dealkylation sites (N-methyl/N-ethyl adjacent to an activating group) is 2. The van der Waals surface area contributed by atoms with Crippen LogP contribution in [0.25, 0.3) is 0 Å². The van der Waals surface area contributed by atoms with Crippen molar-refractivity contribution in [1.82, 2.24) is 10.2 Å². The molecule has 0 bridgehead atoms. The minimum atomic E-state index is -0.229. The summed E-state index contributed by atoms with van der Waals surface area (Å²) in [5.74, 6) is 0.0945. The van der Waals surface area contributed by atoms with E-state index in [1.54, 1.807) is 11.9 Å². The van der Waals surface area contributed by atoms with Gasteiger partial charge >= 0.3 is 0 Å². The molecule has 1 amide bonds. The van der Waals surface area contributed by atoms with Gasteiger partial charge in [-0.15, -0.1) is 0 Å². The molecule has 15 heavy (non-hydrogen) atoms. The van der Waals surface area contributed by atoms with Crippen molar-refractivity contribution in [2.75, 3.05) is 27.2 Å². The number of rotatable bonds is 7.